The van der Waals surface area contributed by atoms with Crippen LogP contribution in [0, 0.1) is 23.0 Å². The lowest BCUT2D eigenvalue weighted by molar-refractivity contribution is 0.625. The second kappa shape index (κ2) is 6.21. The van der Waals surface area contributed by atoms with Crippen molar-refractivity contribution in [3.63, 3.8) is 0 Å². The van der Waals surface area contributed by atoms with E-state index in [9.17, 15) is 8.78 Å². The number of nitrogens with one attached hydrogen (secondary N) is 1. The monoisotopic (exact) mass is 356 g/mol. The molecule has 0 aliphatic carbocycles. The molecule has 0 amide bonds. The Labute approximate surface area is 128 Å². The Balaban J connectivity index is 2.26. The largest absolute Gasteiger partial charge is 0.379 e. The predicted molar refractivity (Wildman–Crippen MR) is 77.6 cm³/mol. The molecule has 0 saturated heterocycles. The quantitative estimate of drug-likeness (QED) is 0.851. The van der Waals surface area contributed by atoms with Gasteiger partial charge in [0.15, 0.2) is 0 Å². The highest BCUT2D eigenvalue weighted by molar-refractivity contribution is 9.10. The normalized spacial score (nSPS) is 10.2. The minimum absolute atomic E-state index is 0.199. The molecular formula is C14H8BrClF2N2. The molecule has 0 fully saturated rings. The van der Waals surface area contributed by atoms with Gasteiger partial charge in [0, 0.05) is 11.0 Å². The molecule has 2 rings (SSSR count). The van der Waals surface area contributed by atoms with E-state index in [-0.39, 0.29) is 11.6 Å². The van der Waals surface area contributed by atoms with Crippen LogP contribution in [-0.4, -0.2) is 0 Å². The third-order valence-electron chi connectivity index (χ3n) is 2.65. The summed E-state index contributed by atoms with van der Waals surface area (Å²) in [7, 11) is 0. The number of hydrogen-bond acceptors (Lipinski definition) is 2. The van der Waals surface area contributed by atoms with E-state index >= 15 is 0 Å². The molecule has 0 aromatic heterocycles. The summed E-state index contributed by atoms with van der Waals surface area (Å²) in [5.74, 6) is -0.888. The molecule has 6 heteroatoms. The number of nitriles is 1. The number of rotatable bonds is 3. The molecule has 2 aromatic carbocycles. The summed E-state index contributed by atoms with van der Waals surface area (Å²) in [5.41, 5.74) is 1.36. The van der Waals surface area contributed by atoms with Gasteiger partial charge in [-0.3, -0.25) is 0 Å². The molecule has 0 aliphatic rings. The molecule has 0 saturated carbocycles. The second-order valence-corrected chi connectivity index (χ2v) is 5.27. The van der Waals surface area contributed by atoms with Gasteiger partial charge in [-0.25, -0.2) is 8.78 Å². The zero-order valence-electron chi connectivity index (χ0n) is 10.1. The third-order valence-corrected chi connectivity index (χ3v) is 3.57. The average molecular weight is 358 g/mol. The van der Waals surface area contributed by atoms with Crippen LogP contribution in [0.15, 0.2) is 34.8 Å². The summed E-state index contributed by atoms with van der Waals surface area (Å²) in [5, 5.41) is 12.1. The fraction of sp³-hybridized carbons (Fsp3) is 0.0714. The summed E-state index contributed by atoms with van der Waals surface area (Å²) in [6.07, 6.45) is 0. The maximum absolute atomic E-state index is 13.2. The molecule has 0 aliphatic heterocycles. The van der Waals surface area contributed by atoms with Gasteiger partial charge in [0.05, 0.1) is 22.3 Å². The molecule has 0 unspecified atom stereocenters. The Morgan fingerprint density at radius 2 is 1.95 bits per heavy atom. The summed E-state index contributed by atoms with van der Waals surface area (Å²) in [6, 6.07) is 8.34. The lowest BCUT2D eigenvalue weighted by atomic mass is 10.1. The molecule has 2 aromatic rings. The highest BCUT2D eigenvalue weighted by Gasteiger charge is 2.09. The Morgan fingerprint density at radius 1 is 1.20 bits per heavy atom. The highest BCUT2D eigenvalue weighted by atomic mass is 79.9. The van der Waals surface area contributed by atoms with E-state index in [1.807, 2.05) is 6.07 Å². The zero-order valence-corrected chi connectivity index (χ0v) is 12.4. The van der Waals surface area contributed by atoms with E-state index in [1.54, 1.807) is 0 Å². The van der Waals surface area contributed by atoms with Gasteiger partial charge in [-0.1, -0.05) is 11.6 Å². The van der Waals surface area contributed by atoms with E-state index in [0.717, 1.165) is 0 Å². The van der Waals surface area contributed by atoms with Gasteiger partial charge in [-0.05, 0) is 51.8 Å². The number of hydrogen-bond donors (Lipinski definition) is 1. The Kier molecular flexibility index (Phi) is 4.58. The fourth-order valence-corrected chi connectivity index (χ4v) is 2.67. The van der Waals surface area contributed by atoms with Crippen LogP contribution in [0.4, 0.5) is 14.5 Å². The maximum Gasteiger partial charge on any atom is 0.125 e. The lowest BCUT2D eigenvalue weighted by Crippen LogP contribution is -2.03. The SMILES string of the molecule is N#Cc1ccc(F)cc1CNc1c(Cl)cc(F)cc1Br. The summed E-state index contributed by atoms with van der Waals surface area (Å²) >= 11 is 9.13. The number of benzene rings is 2. The maximum atomic E-state index is 13.2. The fourth-order valence-electron chi connectivity index (χ4n) is 1.71. The second-order valence-electron chi connectivity index (χ2n) is 4.01. The van der Waals surface area contributed by atoms with E-state index in [0.29, 0.717) is 21.3 Å². The molecule has 0 radical (unpaired) electrons. The highest BCUT2D eigenvalue weighted by Crippen LogP contribution is 2.32. The first-order valence-corrected chi connectivity index (χ1v) is 6.75. The summed E-state index contributed by atoms with van der Waals surface area (Å²) < 4.78 is 26.8. The van der Waals surface area contributed by atoms with Gasteiger partial charge in [0.1, 0.15) is 11.6 Å². The van der Waals surface area contributed by atoms with Crippen molar-refractivity contribution in [2.24, 2.45) is 0 Å². The molecule has 102 valence electrons. The van der Waals surface area contributed by atoms with Gasteiger partial charge in [0.2, 0.25) is 0 Å². The minimum Gasteiger partial charge on any atom is -0.379 e. The van der Waals surface area contributed by atoms with Crippen LogP contribution in [0.25, 0.3) is 0 Å². The van der Waals surface area contributed by atoms with E-state index in [4.69, 9.17) is 16.9 Å². The first kappa shape index (κ1) is 14.8. The first-order chi connectivity index (χ1) is 9.51. The Bertz CT molecular complexity index is 675. The van der Waals surface area contributed by atoms with Crippen LogP contribution in [0.5, 0.6) is 0 Å². The van der Waals surface area contributed by atoms with Crippen LogP contribution in [-0.2, 0) is 6.54 Å². The van der Waals surface area contributed by atoms with Crippen LogP contribution in [0.1, 0.15) is 11.1 Å². The van der Waals surface area contributed by atoms with Crippen LogP contribution < -0.4 is 5.32 Å². The zero-order chi connectivity index (χ0) is 14.7. The van der Waals surface area contributed by atoms with E-state index in [2.05, 4.69) is 21.2 Å². The summed E-state index contributed by atoms with van der Waals surface area (Å²) in [6.45, 7) is 0.199. The van der Waals surface area contributed by atoms with Crippen LogP contribution >= 0.6 is 27.5 Å². The lowest BCUT2D eigenvalue weighted by Gasteiger charge is -2.12. The van der Waals surface area contributed by atoms with Crippen molar-refractivity contribution in [1.82, 2.24) is 0 Å². The molecule has 0 heterocycles. The molecule has 2 nitrogen and oxygen atoms in total. The number of anilines is 1. The van der Waals surface area contributed by atoms with Gasteiger partial charge in [-0.2, -0.15) is 5.26 Å². The molecule has 1 N–H and O–H groups in total. The Morgan fingerprint density at radius 3 is 2.60 bits per heavy atom. The van der Waals surface area contributed by atoms with Crippen molar-refractivity contribution in [2.75, 3.05) is 5.32 Å². The van der Waals surface area contributed by atoms with Crippen molar-refractivity contribution in [3.05, 3.63) is 62.6 Å². The molecule has 20 heavy (non-hydrogen) atoms. The number of halogens is 4. The van der Waals surface area contributed by atoms with Crippen molar-refractivity contribution in [1.29, 1.82) is 5.26 Å². The number of nitrogens with zero attached hydrogens (tertiary/aromatic N) is 1. The molecule has 0 atom stereocenters. The van der Waals surface area contributed by atoms with E-state index < -0.39 is 11.6 Å². The summed E-state index contributed by atoms with van der Waals surface area (Å²) in [4.78, 5) is 0. The average Bonchev–Trinajstić information content (AvgIpc) is 2.37. The molecule has 0 bridgehead atoms. The van der Waals surface area contributed by atoms with E-state index in [1.165, 1.54) is 30.3 Å². The van der Waals surface area contributed by atoms with Crippen molar-refractivity contribution >= 4 is 33.2 Å². The molecular weight excluding hydrogens is 350 g/mol. The third kappa shape index (κ3) is 3.27. The van der Waals surface area contributed by atoms with Crippen molar-refractivity contribution in [2.45, 2.75) is 6.54 Å². The van der Waals surface area contributed by atoms with Gasteiger partial charge in [0.25, 0.3) is 0 Å². The standard InChI is InChI=1S/C14H8BrClF2N2/c15-12-4-11(18)5-13(16)14(12)20-7-9-3-10(17)2-1-8(9)6-19/h1-5,20H,7H2. The van der Waals surface area contributed by atoms with Crippen molar-refractivity contribution < 1.29 is 8.78 Å². The van der Waals surface area contributed by atoms with Crippen LogP contribution in [0.3, 0.4) is 0 Å². The minimum atomic E-state index is -0.462. The first-order valence-electron chi connectivity index (χ1n) is 5.58. The van der Waals surface area contributed by atoms with Gasteiger partial charge in [-0.15, -0.1) is 0 Å². The van der Waals surface area contributed by atoms with Gasteiger partial charge >= 0.3 is 0 Å². The topological polar surface area (TPSA) is 35.8 Å². The van der Waals surface area contributed by atoms with Crippen LogP contribution in [0.2, 0.25) is 5.02 Å². The van der Waals surface area contributed by atoms with Gasteiger partial charge < -0.3 is 5.32 Å². The smallest absolute Gasteiger partial charge is 0.125 e. The predicted octanol–water partition coefficient (Wildman–Crippen LogP) is 4.86. The van der Waals surface area contributed by atoms with Crippen molar-refractivity contribution in [3.8, 4) is 6.07 Å². The molecule has 0 spiro atoms. The Hall–Kier alpha value is -1.64.